The van der Waals surface area contributed by atoms with Gasteiger partial charge in [0.05, 0.1) is 11.9 Å². The molecular formula is C12H13ClO2S2. The van der Waals surface area contributed by atoms with Crippen LogP contribution in [0.5, 0.6) is 0 Å². The summed E-state index contributed by atoms with van der Waals surface area (Å²) in [4.78, 5) is 11.0. The molecule has 1 rings (SSSR count). The molecule has 0 saturated heterocycles. The quantitative estimate of drug-likeness (QED) is 0.612. The third kappa shape index (κ3) is 5.52. The smallest absolute Gasteiger partial charge is 0.220 e. The Morgan fingerprint density at radius 2 is 2.18 bits per heavy atom. The summed E-state index contributed by atoms with van der Waals surface area (Å²) >= 11 is 12.1. The first-order chi connectivity index (χ1) is 8.15. The van der Waals surface area contributed by atoms with Gasteiger partial charge in [0.1, 0.15) is 6.29 Å². The predicted octanol–water partition coefficient (Wildman–Crippen LogP) is 3.50. The Labute approximate surface area is 116 Å². The zero-order valence-corrected chi connectivity index (χ0v) is 11.8. The van der Waals surface area contributed by atoms with Gasteiger partial charge in [0, 0.05) is 5.02 Å². The van der Waals surface area contributed by atoms with Gasteiger partial charge in [-0.1, -0.05) is 35.5 Å². The Balaban J connectivity index is 2.54. The van der Waals surface area contributed by atoms with Crippen LogP contribution in [0.3, 0.4) is 0 Å². The van der Waals surface area contributed by atoms with Gasteiger partial charge in [0.2, 0.25) is 4.38 Å². The number of hydrogen-bond donors (Lipinski definition) is 0. The van der Waals surface area contributed by atoms with E-state index >= 15 is 0 Å². The van der Waals surface area contributed by atoms with Gasteiger partial charge in [-0.3, -0.25) is 0 Å². The molecule has 0 fully saturated rings. The van der Waals surface area contributed by atoms with Gasteiger partial charge in [0.15, 0.2) is 0 Å². The zero-order valence-electron chi connectivity index (χ0n) is 9.39. The average molecular weight is 289 g/mol. The topological polar surface area (TPSA) is 26.3 Å². The first-order valence-corrected chi connectivity index (χ1v) is 6.85. The second-order valence-corrected chi connectivity index (χ2v) is 5.58. The van der Waals surface area contributed by atoms with Crippen LogP contribution in [0.2, 0.25) is 5.02 Å². The lowest BCUT2D eigenvalue weighted by atomic mass is 10.1. The van der Waals surface area contributed by atoms with E-state index in [4.69, 9.17) is 28.6 Å². The molecule has 0 aliphatic heterocycles. The molecule has 0 amide bonds. The summed E-state index contributed by atoms with van der Waals surface area (Å²) in [5, 5.41) is 0.476. The van der Waals surface area contributed by atoms with Crippen molar-refractivity contribution in [1.29, 1.82) is 0 Å². The molecule has 0 saturated carbocycles. The lowest BCUT2D eigenvalue weighted by Gasteiger charge is -2.10. The molecule has 0 aliphatic carbocycles. The highest BCUT2D eigenvalue weighted by atomic mass is 35.5. The van der Waals surface area contributed by atoms with Crippen molar-refractivity contribution in [3.05, 3.63) is 34.9 Å². The molecule has 0 N–H and O–H groups in total. The molecule has 0 unspecified atom stereocenters. The second-order valence-electron chi connectivity index (χ2n) is 3.31. The SMILES string of the molecule is CCOC(=S)S[C@H](C=O)Cc1ccc(Cl)cc1. The molecule has 92 valence electrons. The van der Waals surface area contributed by atoms with Crippen LogP contribution in [0.4, 0.5) is 0 Å². The first kappa shape index (κ1) is 14.5. The maximum atomic E-state index is 11.0. The van der Waals surface area contributed by atoms with E-state index in [1.54, 1.807) is 0 Å². The van der Waals surface area contributed by atoms with Crippen LogP contribution < -0.4 is 0 Å². The molecule has 2 nitrogen and oxygen atoms in total. The van der Waals surface area contributed by atoms with Gasteiger partial charge in [-0.05, 0) is 43.3 Å². The molecule has 1 aromatic carbocycles. The second kappa shape index (κ2) is 7.69. The van der Waals surface area contributed by atoms with Crippen LogP contribution >= 0.6 is 35.6 Å². The molecule has 5 heteroatoms. The first-order valence-electron chi connectivity index (χ1n) is 5.19. The van der Waals surface area contributed by atoms with Gasteiger partial charge in [-0.25, -0.2) is 0 Å². The molecule has 0 aliphatic rings. The largest absolute Gasteiger partial charge is 0.479 e. The Kier molecular flexibility index (Phi) is 6.55. The van der Waals surface area contributed by atoms with Crippen molar-refractivity contribution in [2.45, 2.75) is 18.6 Å². The minimum absolute atomic E-state index is 0.213. The average Bonchev–Trinajstić information content (AvgIpc) is 2.31. The molecule has 0 spiro atoms. The summed E-state index contributed by atoms with van der Waals surface area (Å²) in [5.41, 5.74) is 1.05. The third-order valence-corrected chi connectivity index (χ3v) is 3.56. The monoisotopic (exact) mass is 288 g/mol. The minimum Gasteiger partial charge on any atom is -0.479 e. The highest BCUT2D eigenvalue weighted by Gasteiger charge is 2.12. The number of benzene rings is 1. The van der Waals surface area contributed by atoms with Crippen LogP contribution in [0.25, 0.3) is 0 Å². The third-order valence-electron chi connectivity index (χ3n) is 2.01. The van der Waals surface area contributed by atoms with Crippen molar-refractivity contribution in [2.75, 3.05) is 6.61 Å². The number of thiocarbonyl (C=S) groups is 1. The number of hydrogen-bond acceptors (Lipinski definition) is 4. The number of carbonyl (C=O) groups excluding carboxylic acids is 1. The Hall–Kier alpha value is -0.580. The van der Waals surface area contributed by atoms with E-state index in [9.17, 15) is 4.79 Å². The summed E-state index contributed by atoms with van der Waals surface area (Å²) < 4.78 is 5.56. The van der Waals surface area contributed by atoms with Gasteiger partial charge in [0.25, 0.3) is 0 Å². The molecule has 0 heterocycles. The van der Waals surface area contributed by atoms with Crippen molar-refractivity contribution in [2.24, 2.45) is 0 Å². The molecular weight excluding hydrogens is 276 g/mol. The summed E-state index contributed by atoms with van der Waals surface area (Å²) in [6.45, 7) is 2.39. The van der Waals surface area contributed by atoms with Crippen LogP contribution in [0, 0.1) is 0 Å². The summed E-state index contributed by atoms with van der Waals surface area (Å²) in [6, 6.07) is 7.43. The van der Waals surface area contributed by atoms with Gasteiger partial charge >= 0.3 is 0 Å². The van der Waals surface area contributed by atoms with Crippen molar-refractivity contribution in [1.82, 2.24) is 0 Å². The van der Waals surface area contributed by atoms with Crippen molar-refractivity contribution >= 4 is 46.2 Å². The number of rotatable bonds is 5. The number of ether oxygens (including phenoxy) is 1. The van der Waals surface area contributed by atoms with Crippen LogP contribution in [0.15, 0.2) is 24.3 Å². The number of halogens is 1. The van der Waals surface area contributed by atoms with Crippen molar-refractivity contribution in [3.63, 3.8) is 0 Å². The Morgan fingerprint density at radius 1 is 1.53 bits per heavy atom. The summed E-state index contributed by atoms with van der Waals surface area (Å²) in [5.74, 6) is 0. The van der Waals surface area contributed by atoms with Gasteiger partial charge < -0.3 is 9.53 Å². The summed E-state index contributed by atoms with van der Waals surface area (Å²) in [6.07, 6.45) is 1.52. The van der Waals surface area contributed by atoms with Gasteiger partial charge in [-0.15, -0.1) is 0 Å². The van der Waals surface area contributed by atoms with Crippen LogP contribution in [-0.4, -0.2) is 22.5 Å². The lowest BCUT2D eigenvalue weighted by Crippen LogP contribution is -2.12. The highest BCUT2D eigenvalue weighted by Crippen LogP contribution is 2.19. The van der Waals surface area contributed by atoms with Crippen molar-refractivity contribution < 1.29 is 9.53 Å². The van der Waals surface area contributed by atoms with Crippen LogP contribution in [0.1, 0.15) is 12.5 Å². The summed E-state index contributed by atoms with van der Waals surface area (Å²) in [7, 11) is 0. The molecule has 1 aromatic rings. The van der Waals surface area contributed by atoms with Crippen LogP contribution in [-0.2, 0) is 16.0 Å². The van der Waals surface area contributed by atoms with E-state index in [1.807, 2.05) is 31.2 Å². The maximum Gasteiger partial charge on any atom is 0.220 e. The van der Waals surface area contributed by atoms with Crippen molar-refractivity contribution in [3.8, 4) is 0 Å². The number of aldehydes is 1. The van der Waals surface area contributed by atoms with E-state index in [0.29, 0.717) is 22.4 Å². The van der Waals surface area contributed by atoms with E-state index in [2.05, 4.69) is 0 Å². The fourth-order valence-corrected chi connectivity index (χ4v) is 2.62. The Morgan fingerprint density at radius 3 is 2.71 bits per heavy atom. The fourth-order valence-electron chi connectivity index (χ4n) is 1.25. The predicted molar refractivity (Wildman–Crippen MR) is 76.8 cm³/mol. The normalized spacial score (nSPS) is 11.9. The molecule has 0 aromatic heterocycles. The molecule has 1 atom stereocenters. The van der Waals surface area contributed by atoms with E-state index in [-0.39, 0.29) is 5.25 Å². The molecule has 17 heavy (non-hydrogen) atoms. The molecule has 0 bridgehead atoms. The molecule has 0 radical (unpaired) electrons. The van der Waals surface area contributed by atoms with E-state index < -0.39 is 0 Å². The number of thioether (sulfide) groups is 1. The zero-order chi connectivity index (χ0) is 12.7. The van der Waals surface area contributed by atoms with Gasteiger partial charge in [-0.2, -0.15) is 0 Å². The lowest BCUT2D eigenvalue weighted by molar-refractivity contribution is -0.107. The number of carbonyl (C=O) groups is 1. The minimum atomic E-state index is -0.213. The standard InChI is InChI=1S/C12H13ClO2S2/c1-2-15-12(16)17-11(8-14)7-9-3-5-10(13)6-4-9/h3-6,8,11H,2,7H2,1H3/t11-/m0/s1. The fraction of sp³-hybridized carbons (Fsp3) is 0.333. The Bertz CT molecular complexity index is 379. The van der Waals surface area contributed by atoms with E-state index in [1.165, 1.54) is 11.8 Å². The maximum absolute atomic E-state index is 11.0. The highest BCUT2D eigenvalue weighted by molar-refractivity contribution is 8.23. The van der Waals surface area contributed by atoms with E-state index in [0.717, 1.165) is 11.8 Å².